The summed E-state index contributed by atoms with van der Waals surface area (Å²) in [5, 5.41) is 13.5. The van der Waals surface area contributed by atoms with Crippen molar-refractivity contribution in [2.24, 2.45) is 17.8 Å². The van der Waals surface area contributed by atoms with E-state index in [-0.39, 0.29) is 17.2 Å². The van der Waals surface area contributed by atoms with Gasteiger partial charge in [-0.2, -0.15) is 0 Å². The zero-order valence-electron chi connectivity index (χ0n) is 13.3. The van der Waals surface area contributed by atoms with Crippen LogP contribution in [0.2, 0.25) is 0 Å². The van der Waals surface area contributed by atoms with E-state index in [2.05, 4.69) is 26.1 Å². The van der Waals surface area contributed by atoms with Gasteiger partial charge in [-0.1, -0.05) is 0 Å². The smallest absolute Gasteiger partial charge is 0.0898 e. The molecule has 4 fully saturated rings. The summed E-state index contributed by atoms with van der Waals surface area (Å²) in [5.74, 6) is 2.73. The second-order valence-corrected chi connectivity index (χ2v) is 8.70. The number of aliphatic hydroxyl groups is 1. The van der Waals surface area contributed by atoms with E-state index < -0.39 is 0 Å². The Labute approximate surface area is 123 Å². The Morgan fingerprint density at radius 3 is 2.05 bits per heavy atom. The molecule has 3 heteroatoms. The minimum Gasteiger partial charge on any atom is -0.389 e. The van der Waals surface area contributed by atoms with Crippen molar-refractivity contribution in [3.05, 3.63) is 0 Å². The van der Waals surface area contributed by atoms with Crippen LogP contribution in [-0.4, -0.2) is 35.5 Å². The number of ether oxygens (including phenoxy) is 1. The van der Waals surface area contributed by atoms with Crippen LogP contribution in [0.4, 0.5) is 0 Å². The summed E-state index contributed by atoms with van der Waals surface area (Å²) in [6, 6.07) is 0. The average molecular weight is 281 g/mol. The molecule has 1 unspecified atom stereocenters. The molecule has 0 amide bonds. The Bertz CT molecular complexity index is 312. The molecule has 0 radical (unpaired) electrons. The lowest BCUT2D eigenvalue weighted by molar-refractivity contribution is -0.174. The lowest BCUT2D eigenvalue weighted by atomic mass is 9.54. The summed E-state index contributed by atoms with van der Waals surface area (Å²) >= 11 is 0. The minimum atomic E-state index is -0.387. The Hall–Kier alpha value is -0.120. The highest BCUT2D eigenvalue weighted by Gasteiger charge is 2.51. The van der Waals surface area contributed by atoms with Crippen LogP contribution >= 0.6 is 0 Å². The van der Waals surface area contributed by atoms with Crippen LogP contribution in [0.15, 0.2) is 0 Å². The van der Waals surface area contributed by atoms with Crippen LogP contribution in [0.3, 0.4) is 0 Å². The van der Waals surface area contributed by atoms with E-state index >= 15 is 0 Å². The van der Waals surface area contributed by atoms with Crippen molar-refractivity contribution in [2.75, 3.05) is 13.2 Å². The maximum atomic E-state index is 10.1. The van der Waals surface area contributed by atoms with Crippen LogP contribution in [0.25, 0.3) is 0 Å². The lowest BCUT2D eigenvalue weighted by Gasteiger charge is -2.56. The van der Waals surface area contributed by atoms with Gasteiger partial charge in [0.2, 0.25) is 0 Å². The van der Waals surface area contributed by atoms with E-state index in [1.54, 1.807) is 0 Å². The summed E-state index contributed by atoms with van der Waals surface area (Å²) in [6.45, 7) is 7.49. The number of nitrogens with one attached hydrogen (secondary N) is 1. The van der Waals surface area contributed by atoms with Crippen LogP contribution in [0, 0.1) is 17.8 Å². The third-order valence-electron chi connectivity index (χ3n) is 5.43. The van der Waals surface area contributed by atoms with Gasteiger partial charge in [0.1, 0.15) is 0 Å². The van der Waals surface area contributed by atoms with E-state index in [0.29, 0.717) is 13.2 Å². The molecule has 0 saturated heterocycles. The predicted molar refractivity (Wildman–Crippen MR) is 80.6 cm³/mol. The summed E-state index contributed by atoms with van der Waals surface area (Å²) in [5.41, 5.74) is 0.180. The highest BCUT2D eigenvalue weighted by Crippen LogP contribution is 2.57. The molecule has 0 heterocycles. The molecule has 0 aromatic rings. The molecule has 4 rings (SSSR count). The third kappa shape index (κ3) is 3.37. The predicted octanol–water partition coefficient (Wildman–Crippen LogP) is 2.72. The first kappa shape index (κ1) is 14.8. The van der Waals surface area contributed by atoms with Crippen LogP contribution in [0.1, 0.15) is 59.3 Å². The van der Waals surface area contributed by atoms with E-state index in [9.17, 15) is 5.11 Å². The van der Waals surface area contributed by atoms with Crippen LogP contribution in [-0.2, 0) is 4.74 Å². The van der Waals surface area contributed by atoms with Gasteiger partial charge in [0.15, 0.2) is 0 Å². The first-order chi connectivity index (χ1) is 9.34. The molecule has 4 bridgehead atoms. The molecule has 116 valence electrons. The van der Waals surface area contributed by atoms with Gasteiger partial charge in [-0.25, -0.2) is 0 Å². The van der Waals surface area contributed by atoms with Crippen molar-refractivity contribution >= 4 is 0 Å². The lowest BCUT2D eigenvalue weighted by Crippen LogP contribution is -2.53. The van der Waals surface area contributed by atoms with E-state index in [1.807, 2.05) is 0 Å². The first-order valence-corrected chi connectivity index (χ1v) is 8.41. The monoisotopic (exact) mass is 281 g/mol. The van der Waals surface area contributed by atoms with Crippen molar-refractivity contribution in [3.8, 4) is 0 Å². The molecule has 4 aliphatic rings. The van der Waals surface area contributed by atoms with Crippen molar-refractivity contribution in [2.45, 2.75) is 76.5 Å². The number of aliphatic hydroxyl groups excluding tert-OH is 1. The molecule has 0 aromatic carbocycles. The molecule has 20 heavy (non-hydrogen) atoms. The normalized spacial score (nSPS) is 41.1. The molecule has 3 nitrogen and oxygen atoms in total. The van der Waals surface area contributed by atoms with Crippen LogP contribution in [0.5, 0.6) is 0 Å². The van der Waals surface area contributed by atoms with Gasteiger partial charge in [0.05, 0.1) is 18.3 Å². The quantitative estimate of drug-likeness (QED) is 0.814. The zero-order chi connectivity index (χ0) is 14.4. The fourth-order valence-corrected chi connectivity index (χ4v) is 4.96. The molecule has 4 aliphatic carbocycles. The molecule has 0 aromatic heterocycles. The maximum absolute atomic E-state index is 10.1. The Morgan fingerprint density at radius 2 is 1.60 bits per heavy atom. The molecule has 2 N–H and O–H groups in total. The first-order valence-electron chi connectivity index (χ1n) is 8.41. The summed E-state index contributed by atoms with van der Waals surface area (Å²) in [4.78, 5) is 0. The van der Waals surface area contributed by atoms with Crippen LogP contribution < -0.4 is 5.32 Å². The van der Waals surface area contributed by atoms with Gasteiger partial charge >= 0.3 is 0 Å². The Morgan fingerprint density at radius 1 is 1.10 bits per heavy atom. The highest BCUT2D eigenvalue weighted by molar-refractivity contribution is 5.03. The molecular weight excluding hydrogens is 250 g/mol. The second kappa shape index (κ2) is 5.26. The molecule has 0 spiro atoms. The summed E-state index contributed by atoms with van der Waals surface area (Å²) in [6.07, 6.45) is 7.68. The fourth-order valence-electron chi connectivity index (χ4n) is 4.96. The highest BCUT2D eigenvalue weighted by atomic mass is 16.5. The Balaban J connectivity index is 1.48. The van der Waals surface area contributed by atoms with E-state index in [4.69, 9.17) is 4.74 Å². The zero-order valence-corrected chi connectivity index (χ0v) is 13.3. The SMILES string of the molecule is CC(C)(C)NCC(O)COC12CC3CC(CC(C3)C1)C2. The third-order valence-corrected chi connectivity index (χ3v) is 5.43. The second-order valence-electron chi connectivity index (χ2n) is 8.70. The van der Waals surface area contributed by atoms with Gasteiger partial charge in [0, 0.05) is 12.1 Å². The van der Waals surface area contributed by atoms with Gasteiger partial charge in [0.25, 0.3) is 0 Å². The number of rotatable bonds is 5. The summed E-state index contributed by atoms with van der Waals surface area (Å²) in [7, 11) is 0. The molecule has 1 atom stereocenters. The molecule has 4 saturated carbocycles. The van der Waals surface area contributed by atoms with E-state index in [1.165, 1.54) is 38.5 Å². The topological polar surface area (TPSA) is 41.5 Å². The van der Waals surface area contributed by atoms with Gasteiger partial charge in [-0.15, -0.1) is 0 Å². The van der Waals surface area contributed by atoms with Crippen molar-refractivity contribution in [1.29, 1.82) is 0 Å². The number of β-amino-alcohol motifs (C(OH)–C–C–N with tert-alkyl or cyclic N) is 1. The summed E-state index contributed by atoms with van der Waals surface area (Å²) < 4.78 is 6.28. The molecular formula is C17H31NO2. The standard InChI is InChI=1S/C17H31NO2/c1-16(2,3)18-10-15(19)11-20-17-7-12-4-13(8-17)6-14(5-12)9-17/h12-15,18-19H,4-11H2,1-3H3. The van der Waals surface area contributed by atoms with Crippen molar-refractivity contribution in [3.63, 3.8) is 0 Å². The molecule has 0 aliphatic heterocycles. The van der Waals surface area contributed by atoms with Crippen molar-refractivity contribution in [1.82, 2.24) is 5.32 Å². The number of hydrogen-bond donors (Lipinski definition) is 2. The fraction of sp³-hybridized carbons (Fsp3) is 1.00. The average Bonchev–Trinajstić information content (AvgIpc) is 2.31. The Kier molecular flexibility index (Phi) is 3.89. The maximum Gasteiger partial charge on any atom is 0.0898 e. The van der Waals surface area contributed by atoms with Gasteiger partial charge < -0.3 is 15.2 Å². The largest absolute Gasteiger partial charge is 0.389 e. The minimum absolute atomic E-state index is 0.0572. The van der Waals surface area contributed by atoms with Crippen molar-refractivity contribution < 1.29 is 9.84 Å². The number of hydrogen-bond acceptors (Lipinski definition) is 3. The van der Waals surface area contributed by atoms with E-state index in [0.717, 1.165) is 17.8 Å². The van der Waals surface area contributed by atoms with Gasteiger partial charge in [-0.05, 0) is 77.0 Å². The van der Waals surface area contributed by atoms with Gasteiger partial charge in [-0.3, -0.25) is 0 Å².